The maximum atomic E-state index is 13.2. The van der Waals surface area contributed by atoms with Crippen molar-refractivity contribution in [2.24, 2.45) is 0 Å². The van der Waals surface area contributed by atoms with Gasteiger partial charge in [-0.2, -0.15) is 0 Å². The second-order valence-corrected chi connectivity index (χ2v) is 31.1. The number of carboxylic acid groups (broad SMARTS) is 2. The van der Waals surface area contributed by atoms with Gasteiger partial charge in [0.1, 0.15) is 207 Å². The molecule has 56 heteroatoms. The SMILES string of the molecule is CC(=O)N[C@H]1[C@H](O[C@@H]2[C@@H](OC[C@H]3O[C@H](O)[C@@H](O)[C@@H](O[C@H]4O[C@H](CO)[C@@H](O)[C@H](O)[C@@H]4O[C@@H]4O[C@H](CO)[C@@H](O[C@@H]5O[C@H](CO)[C@H](O)[C@H](O[C@]6(C(=O)O)C[C@H](O)[C@@H](NC(C)=O)[C@H]([C@H](O)[C@H](O)CO)O6)[C@H]5O)[C@H](O)[C@H]4NC(C)=O)[C@@H]3O)O[C@H](CO)[C@@H](O)[C@@H]2O)O[C@H](CO)[C@@H](O[C@@H]2O[C@H](CO[C@]3(C(=O)O)C[C@H](O)[C@@H](NC(C)=O)[C@H]([C@H](O)[C@H](O)CO)O3)[C@H](O)[C@H](O)[C@H]2O)[C@@H]1O. The molecule has 0 spiro atoms. The number of hydrogen-bond donors (Lipinski definition) is 33. The number of carbonyl (C=O) groups excluding carboxylic acids is 4. The fraction of sp³-hybridized carbons (Fsp3) is 0.912. The van der Waals surface area contributed by atoms with E-state index in [0.717, 1.165) is 27.7 Å². The van der Waals surface area contributed by atoms with E-state index in [1.54, 1.807) is 0 Å². The van der Waals surface area contributed by atoms with E-state index in [2.05, 4.69) is 21.3 Å². The third-order valence-electron chi connectivity index (χ3n) is 22.3. The fourth-order valence-corrected chi connectivity index (χ4v) is 15.7. The van der Waals surface area contributed by atoms with Crippen LogP contribution in [0, 0.1) is 0 Å². The molecular weight excluding hydrogens is 1700 g/mol. The number of nitrogens with one attached hydrogen (secondary N) is 4. The first-order valence-corrected chi connectivity index (χ1v) is 38.9. The number of rotatable bonds is 35. The number of carbonyl (C=O) groups is 6. The quantitative estimate of drug-likeness (QED) is 0.0280. The highest BCUT2D eigenvalue weighted by molar-refractivity contribution is 5.78. The molecule has 9 aliphatic heterocycles. The molecule has 9 fully saturated rings. The number of hydrogen-bond acceptors (Lipinski definition) is 50. The summed E-state index contributed by atoms with van der Waals surface area (Å²) in [6, 6.07) is -7.45. The van der Waals surface area contributed by atoms with E-state index in [4.69, 9.17) is 80.5 Å². The maximum absolute atomic E-state index is 13.2. The fourth-order valence-electron chi connectivity index (χ4n) is 15.7. The molecule has 9 heterocycles. The van der Waals surface area contributed by atoms with Crippen molar-refractivity contribution < 1.29 is 257 Å². The van der Waals surface area contributed by atoms with Crippen LogP contribution in [0.4, 0.5) is 0 Å². The first-order chi connectivity index (χ1) is 58.3. The van der Waals surface area contributed by atoms with Gasteiger partial charge in [0.05, 0.1) is 83.8 Å². The summed E-state index contributed by atoms with van der Waals surface area (Å²) in [7, 11) is 0. The molecule has 9 aliphatic rings. The van der Waals surface area contributed by atoms with Gasteiger partial charge in [-0.1, -0.05) is 0 Å². The Morgan fingerprint density at radius 1 is 0.339 bits per heavy atom. The maximum Gasteiger partial charge on any atom is 0.364 e. The normalized spacial score (nSPS) is 46.3. The lowest BCUT2D eigenvalue weighted by atomic mass is 9.88. The molecule has 0 aliphatic carbocycles. The number of carboxylic acids is 2. The third kappa shape index (κ3) is 22.4. The van der Waals surface area contributed by atoms with E-state index >= 15 is 0 Å². The lowest BCUT2D eigenvalue weighted by Gasteiger charge is -2.51. The van der Waals surface area contributed by atoms with Gasteiger partial charge in [-0.05, 0) is 0 Å². The van der Waals surface area contributed by atoms with Gasteiger partial charge < -0.3 is 250 Å². The molecule has 0 unspecified atom stereocenters. The number of amides is 4. The molecule has 56 nitrogen and oxygen atoms in total. The van der Waals surface area contributed by atoms with Gasteiger partial charge in [0.25, 0.3) is 11.6 Å². The number of aliphatic carboxylic acids is 2. The van der Waals surface area contributed by atoms with E-state index < -0.39 is 395 Å². The average Bonchev–Trinajstić information content (AvgIpc) is 0.753. The Morgan fingerprint density at radius 3 is 1.12 bits per heavy atom. The van der Waals surface area contributed by atoms with Gasteiger partial charge in [0.2, 0.25) is 23.6 Å². The predicted octanol–water partition coefficient (Wildman–Crippen LogP) is -21.6. The van der Waals surface area contributed by atoms with Gasteiger partial charge >= 0.3 is 11.9 Å². The van der Waals surface area contributed by atoms with E-state index in [-0.39, 0.29) is 0 Å². The van der Waals surface area contributed by atoms with E-state index in [1.165, 1.54) is 0 Å². The van der Waals surface area contributed by atoms with Crippen LogP contribution in [0.3, 0.4) is 0 Å². The zero-order chi connectivity index (χ0) is 92.1. The molecule has 0 saturated carbocycles. The predicted molar refractivity (Wildman–Crippen MR) is 378 cm³/mol. The topological polar surface area (TPSA) is 894 Å². The largest absolute Gasteiger partial charge is 0.477 e. The van der Waals surface area contributed by atoms with Crippen LogP contribution in [0.1, 0.15) is 40.5 Å². The smallest absolute Gasteiger partial charge is 0.364 e. The zero-order valence-electron chi connectivity index (χ0n) is 66.1. The van der Waals surface area contributed by atoms with Crippen LogP contribution in [0.2, 0.25) is 0 Å². The van der Waals surface area contributed by atoms with Gasteiger partial charge in [0.15, 0.2) is 44.0 Å². The monoisotopic (exact) mass is 1820 g/mol. The standard InChI is InChI=1S/C68H112N4O52/c1-16(80)69-31-20(84)5-67(65(104)105,122-52(31)35(88)22(86)7-73)109-15-30-39(92)44(97)47(100)61(116-30)117-50-27(12-78)114-59(33(42(50)95)71-18(3)82)120-56-45(98)37(90)24(9-75)112-63(56)108-14-29-41(94)54(48(101)58(103)110-29)119-64-57(46(99)38(91)25(10-76)113-64)121-60-34(72-19(4)83)43(96)51(28(13-79)115-60)118-62-49(102)55(40(93)26(11-77)111-62)124-68(66(106)107)6-21(85)32(70-17(2)81)53(123-68)36(89)23(87)8-74/h20-64,73-79,84-103H,5-15H2,1-4H3,(H,69,80)(H,70,81)(H,71,82)(H,72,83)(H,104,105)(H,106,107)/t20-,21-,22+,23+,24+,25+,26+,27+,28+,29+,30+,31+,32+,33+,34+,35+,36+,37+,38+,39-,40-,41+,42+,43+,44-,45-,46-,47+,48-,49+,50+,51+,52+,53+,54-,55-,56-,57-,58-,59-,60-,61-,62-,63-,64+,67+,68-/m0/s1. The first-order valence-electron chi connectivity index (χ1n) is 38.9. The van der Waals surface area contributed by atoms with Crippen LogP contribution in [0.15, 0.2) is 0 Å². The van der Waals surface area contributed by atoms with Gasteiger partial charge in [0, 0.05) is 40.5 Å². The minimum absolute atomic E-state index is 0.834. The first kappa shape index (κ1) is 103. The minimum Gasteiger partial charge on any atom is -0.477 e. The molecule has 0 aromatic carbocycles. The molecule has 47 atom stereocenters. The Labute approximate surface area is 699 Å². The Kier molecular flexibility index (Phi) is 36.4. The summed E-state index contributed by atoms with van der Waals surface area (Å²) >= 11 is 0. The molecule has 124 heavy (non-hydrogen) atoms. The van der Waals surface area contributed by atoms with Crippen molar-refractivity contribution in [3.8, 4) is 0 Å². The van der Waals surface area contributed by atoms with Crippen LogP contribution in [0.5, 0.6) is 0 Å². The van der Waals surface area contributed by atoms with E-state index in [9.17, 15) is 177 Å². The lowest BCUT2D eigenvalue weighted by molar-refractivity contribution is -0.395. The summed E-state index contributed by atoms with van der Waals surface area (Å²) in [6.07, 6.45) is -92.6. The van der Waals surface area contributed by atoms with Crippen molar-refractivity contribution in [3.63, 3.8) is 0 Å². The van der Waals surface area contributed by atoms with Crippen molar-refractivity contribution in [2.45, 2.75) is 328 Å². The second kappa shape index (κ2) is 43.9. The third-order valence-corrected chi connectivity index (χ3v) is 22.3. The highest BCUT2D eigenvalue weighted by Gasteiger charge is 2.64. The van der Waals surface area contributed by atoms with E-state index in [1.807, 2.05) is 0 Å². The summed E-state index contributed by atoms with van der Waals surface area (Å²) in [5.41, 5.74) is 0. The summed E-state index contributed by atoms with van der Waals surface area (Å²) in [5, 5.41) is 329. The summed E-state index contributed by atoms with van der Waals surface area (Å²) in [4.78, 5) is 76.3. The van der Waals surface area contributed by atoms with Crippen molar-refractivity contribution in [3.05, 3.63) is 0 Å². The van der Waals surface area contributed by atoms with Crippen LogP contribution < -0.4 is 21.3 Å². The van der Waals surface area contributed by atoms with Crippen molar-refractivity contribution >= 4 is 35.6 Å². The van der Waals surface area contributed by atoms with Crippen molar-refractivity contribution in [1.82, 2.24) is 21.3 Å². The Hall–Kier alpha value is -4.94. The van der Waals surface area contributed by atoms with Gasteiger partial charge in [-0.3, -0.25) is 19.2 Å². The van der Waals surface area contributed by atoms with Crippen LogP contribution in [0.25, 0.3) is 0 Å². The molecule has 9 rings (SSSR count). The van der Waals surface area contributed by atoms with Crippen LogP contribution >= 0.6 is 0 Å². The number of ether oxygens (including phenoxy) is 17. The Bertz CT molecular complexity index is 3450. The van der Waals surface area contributed by atoms with Crippen molar-refractivity contribution in [2.75, 3.05) is 59.5 Å². The molecule has 0 aromatic rings. The second-order valence-electron chi connectivity index (χ2n) is 31.1. The van der Waals surface area contributed by atoms with Crippen LogP contribution in [-0.4, -0.2) is 530 Å². The lowest BCUT2D eigenvalue weighted by Crippen LogP contribution is -2.71. The van der Waals surface area contributed by atoms with Crippen molar-refractivity contribution in [1.29, 1.82) is 0 Å². The average molecular weight is 1820 g/mol. The summed E-state index contributed by atoms with van der Waals surface area (Å²) in [6.45, 7) is -6.93. The Morgan fingerprint density at radius 2 is 0.685 bits per heavy atom. The minimum atomic E-state index is -3.29. The summed E-state index contributed by atoms with van der Waals surface area (Å²) < 4.78 is 98.6. The molecular formula is C68H112N4O52. The number of aliphatic hydroxyl groups is 27. The number of aliphatic hydroxyl groups excluding tert-OH is 27. The molecule has 4 amide bonds. The highest BCUT2D eigenvalue weighted by atomic mass is 16.8. The highest BCUT2D eigenvalue weighted by Crippen LogP contribution is 2.43. The van der Waals surface area contributed by atoms with Gasteiger partial charge in [-0.25, -0.2) is 9.59 Å². The van der Waals surface area contributed by atoms with Crippen LogP contribution in [-0.2, 0) is 109 Å². The molecule has 9 saturated heterocycles. The molecule has 716 valence electrons. The molecule has 0 radical (unpaired) electrons. The summed E-state index contributed by atoms with van der Waals surface area (Å²) in [5.74, 6) is -14.3. The Balaban J connectivity index is 0.906. The zero-order valence-corrected chi connectivity index (χ0v) is 66.1. The molecule has 0 bridgehead atoms. The molecule has 33 N–H and O–H groups in total. The van der Waals surface area contributed by atoms with E-state index in [0.29, 0.717) is 0 Å². The van der Waals surface area contributed by atoms with Gasteiger partial charge in [-0.15, -0.1) is 0 Å². The molecule has 0 aromatic heterocycles.